The van der Waals surface area contributed by atoms with Crippen LogP contribution < -0.4 is 19.9 Å². The number of hydrogen-bond acceptors (Lipinski definition) is 5. The van der Waals surface area contributed by atoms with Crippen LogP contribution in [0.3, 0.4) is 0 Å². The summed E-state index contributed by atoms with van der Waals surface area (Å²) in [4.78, 5) is 0. The van der Waals surface area contributed by atoms with E-state index in [0.717, 1.165) is 32.3 Å². The van der Waals surface area contributed by atoms with Gasteiger partial charge in [-0.25, -0.2) is 13.2 Å². The van der Waals surface area contributed by atoms with E-state index in [0.29, 0.717) is 42.6 Å². The van der Waals surface area contributed by atoms with E-state index >= 15 is 0 Å². The lowest BCUT2D eigenvalue weighted by atomic mass is 9.93. The van der Waals surface area contributed by atoms with E-state index in [1.807, 2.05) is 71.0 Å². The summed E-state index contributed by atoms with van der Waals surface area (Å²) in [5.41, 5.74) is 10.9. The van der Waals surface area contributed by atoms with Crippen LogP contribution in [0.1, 0.15) is 45.7 Å². The molecule has 5 aromatic carbocycles. The van der Waals surface area contributed by atoms with Gasteiger partial charge < -0.3 is 19.9 Å². The molecule has 0 saturated heterocycles. The Kier molecular flexibility index (Phi) is 14.7. The summed E-state index contributed by atoms with van der Waals surface area (Å²) in [6, 6.07) is 30.6. The number of rotatable bonds is 9. The van der Waals surface area contributed by atoms with Gasteiger partial charge in [0.25, 0.3) is 0 Å². The lowest BCUT2D eigenvalue weighted by Gasteiger charge is -2.19. The third kappa shape index (κ3) is 11.7. The van der Waals surface area contributed by atoms with Crippen molar-refractivity contribution >= 4 is 15.9 Å². The smallest absolute Gasteiger partial charge is 0.136 e. The number of ether oxygens (including phenoxy) is 3. The SMILES string of the molecule is CCOc1cc(F)ccc1-c1ccc(C#N)cc1.CCOc1cc(F)ccc1-c1ccc(C(C)(C)N)cc1.CCOc1cc(F)ccc1Br. The van der Waals surface area contributed by atoms with Gasteiger partial charge in [-0.05, 0) is 116 Å². The third-order valence-electron chi connectivity index (χ3n) is 6.95. The van der Waals surface area contributed by atoms with Gasteiger partial charge in [0.2, 0.25) is 0 Å². The highest BCUT2D eigenvalue weighted by Crippen LogP contribution is 2.33. The van der Waals surface area contributed by atoms with E-state index in [-0.39, 0.29) is 23.0 Å². The van der Waals surface area contributed by atoms with Gasteiger partial charge in [-0.1, -0.05) is 36.4 Å². The monoisotopic (exact) mass is 732 g/mol. The minimum atomic E-state index is -0.371. The fraction of sp³-hybridized carbons (Fsp3) is 0.225. The Balaban J connectivity index is 0.000000207. The number of nitrogens with two attached hydrogens (primary N) is 1. The molecule has 5 rings (SSSR count). The van der Waals surface area contributed by atoms with Crippen LogP contribution in [0.4, 0.5) is 13.2 Å². The molecular weight excluding hydrogens is 693 g/mol. The fourth-order valence-electron chi connectivity index (χ4n) is 4.57. The number of halogens is 4. The molecule has 0 unspecified atom stereocenters. The molecule has 0 fully saturated rings. The quantitative estimate of drug-likeness (QED) is 0.163. The van der Waals surface area contributed by atoms with Crippen molar-refractivity contribution in [3.05, 3.63) is 136 Å². The molecule has 2 N–H and O–H groups in total. The van der Waals surface area contributed by atoms with Gasteiger partial charge in [-0.15, -0.1) is 0 Å². The maximum atomic E-state index is 13.3. The number of nitrogens with zero attached hydrogens (tertiary/aromatic N) is 1. The van der Waals surface area contributed by atoms with Crippen LogP contribution in [0.5, 0.6) is 17.2 Å². The number of nitriles is 1. The molecule has 0 amide bonds. The Hall–Kier alpha value is -4.78. The van der Waals surface area contributed by atoms with Crippen molar-refractivity contribution in [1.29, 1.82) is 5.26 Å². The largest absolute Gasteiger partial charge is 0.493 e. The predicted octanol–water partition coefficient (Wildman–Crippen LogP) is 10.8. The summed E-state index contributed by atoms with van der Waals surface area (Å²) in [6.07, 6.45) is 0. The summed E-state index contributed by atoms with van der Waals surface area (Å²) in [6.45, 7) is 11.1. The molecule has 0 aliphatic carbocycles. The van der Waals surface area contributed by atoms with E-state index < -0.39 is 0 Å². The highest BCUT2D eigenvalue weighted by Gasteiger charge is 2.15. The molecule has 0 saturated carbocycles. The van der Waals surface area contributed by atoms with E-state index in [1.54, 1.807) is 30.3 Å². The van der Waals surface area contributed by atoms with Crippen molar-refractivity contribution in [2.45, 2.75) is 40.2 Å². The van der Waals surface area contributed by atoms with Crippen LogP contribution in [0.15, 0.2) is 108 Å². The van der Waals surface area contributed by atoms with Gasteiger partial charge in [0, 0.05) is 34.9 Å². The molecule has 0 radical (unpaired) electrons. The van der Waals surface area contributed by atoms with Crippen molar-refractivity contribution in [2.75, 3.05) is 19.8 Å². The molecule has 49 heavy (non-hydrogen) atoms. The Morgan fingerprint density at radius 1 is 0.612 bits per heavy atom. The van der Waals surface area contributed by atoms with Gasteiger partial charge in [0.1, 0.15) is 34.7 Å². The second-order valence-corrected chi connectivity index (χ2v) is 12.0. The summed E-state index contributed by atoms with van der Waals surface area (Å²) >= 11 is 3.24. The summed E-state index contributed by atoms with van der Waals surface area (Å²) in [5, 5.41) is 8.75. The molecule has 0 aromatic heterocycles. The molecule has 9 heteroatoms. The second-order valence-electron chi connectivity index (χ2n) is 11.1. The zero-order valence-electron chi connectivity index (χ0n) is 28.2. The average molecular weight is 734 g/mol. The Bertz CT molecular complexity index is 1830. The fourth-order valence-corrected chi connectivity index (χ4v) is 4.93. The molecular formula is C40H40BrF3N2O3. The zero-order chi connectivity index (χ0) is 36.0. The first-order valence-corrected chi connectivity index (χ1v) is 16.5. The predicted molar refractivity (Wildman–Crippen MR) is 193 cm³/mol. The zero-order valence-corrected chi connectivity index (χ0v) is 29.8. The first kappa shape index (κ1) is 38.7. The molecule has 0 heterocycles. The third-order valence-corrected chi connectivity index (χ3v) is 7.60. The molecule has 0 aliphatic heterocycles. The average Bonchev–Trinajstić information content (AvgIpc) is 3.07. The van der Waals surface area contributed by atoms with Gasteiger partial charge >= 0.3 is 0 Å². The lowest BCUT2D eigenvalue weighted by Crippen LogP contribution is -2.28. The molecule has 0 aliphatic rings. The molecule has 0 spiro atoms. The van der Waals surface area contributed by atoms with Crippen LogP contribution in [-0.2, 0) is 5.54 Å². The maximum Gasteiger partial charge on any atom is 0.136 e. The van der Waals surface area contributed by atoms with E-state index in [9.17, 15) is 13.2 Å². The molecule has 0 atom stereocenters. The minimum absolute atomic E-state index is 0.281. The van der Waals surface area contributed by atoms with Crippen molar-refractivity contribution in [1.82, 2.24) is 0 Å². The highest BCUT2D eigenvalue weighted by atomic mass is 79.9. The highest BCUT2D eigenvalue weighted by molar-refractivity contribution is 9.10. The first-order chi connectivity index (χ1) is 23.4. The molecule has 256 valence electrons. The Morgan fingerprint density at radius 3 is 1.41 bits per heavy atom. The summed E-state index contributed by atoms with van der Waals surface area (Å²) in [7, 11) is 0. The van der Waals surface area contributed by atoms with Crippen molar-refractivity contribution in [3.8, 4) is 45.6 Å². The topological polar surface area (TPSA) is 77.5 Å². The first-order valence-electron chi connectivity index (χ1n) is 15.7. The van der Waals surface area contributed by atoms with Crippen LogP contribution >= 0.6 is 15.9 Å². The van der Waals surface area contributed by atoms with Crippen molar-refractivity contribution < 1.29 is 27.4 Å². The Morgan fingerprint density at radius 2 is 1.00 bits per heavy atom. The van der Waals surface area contributed by atoms with Crippen molar-refractivity contribution in [3.63, 3.8) is 0 Å². The minimum Gasteiger partial charge on any atom is -0.493 e. The molecule has 5 nitrogen and oxygen atoms in total. The normalized spacial score (nSPS) is 10.5. The van der Waals surface area contributed by atoms with Gasteiger partial charge in [0.05, 0.1) is 35.9 Å². The van der Waals surface area contributed by atoms with E-state index in [2.05, 4.69) is 22.0 Å². The Labute approximate surface area is 295 Å². The standard InChI is InChI=1S/C17H20FNO.C15H12FNO.C8H8BrFO/c1-4-20-16-11-14(18)9-10-15(16)12-5-7-13(8-6-12)17(2,3)19;1-2-18-15-9-13(16)7-8-14(15)12-5-3-11(10-17)4-6-12;1-2-11-8-5-6(10)3-4-7(8)9/h5-11H,4,19H2,1-3H3;3-9H,2H2,1H3;3-5H,2H2,1H3. The maximum absolute atomic E-state index is 13.3. The number of hydrogen-bond donors (Lipinski definition) is 1. The van der Waals surface area contributed by atoms with Crippen LogP contribution in [0.2, 0.25) is 0 Å². The van der Waals surface area contributed by atoms with E-state index in [4.69, 9.17) is 25.2 Å². The number of benzene rings is 5. The van der Waals surface area contributed by atoms with Crippen LogP contribution in [0, 0.1) is 28.8 Å². The van der Waals surface area contributed by atoms with E-state index in [1.165, 1.54) is 36.4 Å². The lowest BCUT2D eigenvalue weighted by molar-refractivity contribution is 0.336. The van der Waals surface area contributed by atoms with Gasteiger partial charge in [0.15, 0.2) is 0 Å². The van der Waals surface area contributed by atoms with Gasteiger partial charge in [-0.3, -0.25) is 0 Å². The molecule has 0 bridgehead atoms. The molecule has 5 aromatic rings. The van der Waals surface area contributed by atoms with Crippen molar-refractivity contribution in [2.24, 2.45) is 5.73 Å². The van der Waals surface area contributed by atoms with Crippen LogP contribution in [-0.4, -0.2) is 19.8 Å². The second kappa shape index (κ2) is 18.7. The van der Waals surface area contributed by atoms with Gasteiger partial charge in [-0.2, -0.15) is 5.26 Å². The summed E-state index contributed by atoms with van der Waals surface area (Å²) in [5.74, 6) is 0.728. The van der Waals surface area contributed by atoms with Crippen LogP contribution in [0.25, 0.3) is 22.3 Å². The summed E-state index contributed by atoms with van der Waals surface area (Å²) < 4.78 is 55.9.